The highest BCUT2D eigenvalue weighted by molar-refractivity contribution is 5.71. The van der Waals surface area contributed by atoms with Gasteiger partial charge in [-0.15, -0.1) is 5.10 Å². The van der Waals surface area contributed by atoms with Gasteiger partial charge in [-0.05, 0) is 29.9 Å². The van der Waals surface area contributed by atoms with Crippen LogP contribution in [0.5, 0.6) is 5.88 Å². The van der Waals surface area contributed by atoms with Gasteiger partial charge < -0.3 is 14.6 Å². The van der Waals surface area contributed by atoms with Gasteiger partial charge >= 0.3 is 6.18 Å². The molecule has 1 saturated carbocycles. The van der Waals surface area contributed by atoms with Crippen molar-refractivity contribution >= 4 is 11.5 Å². The molecule has 1 atom stereocenters. The molecule has 5 aromatic rings. The Morgan fingerprint density at radius 1 is 1.12 bits per heavy atom. The first kappa shape index (κ1) is 24.5. The van der Waals surface area contributed by atoms with Crippen molar-refractivity contribution in [2.75, 3.05) is 12.4 Å². The predicted molar refractivity (Wildman–Crippen MR) is 139 cm³/mol. The number of ether oxygens (including phenoxy) is 1. The number of hydrogen-bond acceptors (Lipinski definition) is 8. The Balaban J connectivity index is 1.22. The van der Waals surface area contributed by atoms with Crippen molar-refractivity contribution in [1.29, 1.82) is 0 Å². The van der Waals surface area contributed by atoms with Crippen LogP contribution in [0.4, 0.5) is 19.0 Å². The van der Waals surface area contributed by atoms with E-state index >= 15 is 0 Å². The summed E-state index contributed by atoms with van der Waals surface area (Å²) in [5.74, 6) is 2.06. The highest BCUT2D eigenvalue weighted by atomic mass is 19.4. The number of fused-ring (bicyclic) bond motifs is 4. The first-order valence-electron chi connectivity index (χ1n) is 12.9. The summed E-state index contributed by atoms with van der Waals surface area (Å²) in [7, 11) is 1.56. The molecule has 1 aliphatic heterocycles. The molecule has 1 aromatic carbocycles. The number of imidazole rings is 2. The normalized spacial score (nSPS) is 16.6. The van der Waals surface area contributed by atoms with E-state index in [0.717, 1.165) is 35.9 Å². The fourth-order valence-electron chi connectivity index (χ4n) is 5.28. The molecule has 1 aliphatic carbocycles. The van der Waals surface area contributed by atoms with E-state index in [1.165, 1.54) is 6.33 Å². The van der Waals surface area contributed by atoms with Crippen molar-refractivity contribution in [1.82, 2.24) is 39.1 Å². The lowest BCUT2D eigenvalue weighted by atomic mass is 9.90. The number of nitrogens with one attached hydrogen (secondary N) is 1. The number of aromatic nitrogens is 8. The van der Waals surface area contributed by atoms with Gasteiger partial charge in [-0.3, -0.25) is 0 Å². The van der Waals surface area contributed by atoms with Crippen LogP contribution in [0.25, 0.3) is 28.4 Å². The lowest BCUT2D eigenvalue weighted by Gasteiger charge is -2.24. The molecule has 7 rings (SSSR count). The third-order valence-corrected chi connectivity index (χ3v) is 7.36. The van der Waals surface area contributed by atoms with Crippen molar-refractivity contribution in [3.63, 3.8) is 0 Å². The van der Waals surface area contributed by atoms with Crippen LogP contribution in [-0.2, 0) is 19.3 Å². The molecule has 40 heavy (non-hydrogen) atoms. The maximum Gasteiger partial charge on any atom is 0.434 e. The molecule has 0 saturated heterocycles. The van der Waals surface area contributed by atoms with Gasteiger partial charge in [0.2, 0.25) is 5.88 Å². The summed E-state index contributed by atoms with van der Waals surface area (Å²) in [5.41, 5.74) is 3.84. The van der Waals surface area contributed by atoms with Gasteiger partial charge in [-0.1, -0.05) is 25.1 Å². The van der Waals surface area contributed by atoms with E-state index in [0.29, 0.717) is 59.1 Å². The number of alkyl halides is 3. The van der Waals surface area contributed by atoms with E-state index < -0.39 is 11.9 Å². The number of hydrogen-bond donors (Lipinski definition) is 1. The van der Waals surface area contributed by atoms with Crippen LogP contribution in [0.2, 0.25) is 0 Å². The van der Waals surface area contributed by atoms with Crippen LogP contribution in [0.3, 0.4) is 0 Å². The highest BCUT2D eigenvalue weighted by Gasteiger charge is 2.37. The number of benzene rings is 1. The molecule has 1 N–H and O–H groups in total. The molecule has 5 heterocycles. The molecule has 10 nitrogen and oxygen atoms in total. The number of nitrogens with zero attached hydrogens (tertiary/aromatic N) is 8. The van der Waals surface area contributed by atoms with Crippen molar-refractivity contribution in [3.8, 4) is 28.7 Å². The van der Waals surface area contributed by atoms with Crippen LogP contribution < -0.4 is 10.1 Å². The van der Waals surface area contributed by atoms with Crippen molar-refractivity contribution in [2.24, 2.45) is 0 Å². The van der Waals surface area contributed by atoms with Crippen molar-refractivity contribution in [2.45, 2.75) is 50.9 Å². The molecular weight excluding hydrogens is 523 g/mol. The Bertz CT molecular complexity index is 1760. The lowest BCUT2D eigenvalue weighted by Crippen LogP contribution is -2.15. The summed E-state index contributed by atoms with van der Waals surface area (Å²) < 4.78 is 48.7. The van der Waals surface area contributed by atoms with E-state index in [1.807, 2.05) is 25.1 Å². The third kappa shape index (κ3) is 4.12. The van der Waals surface area contributed by atoms with Crippen molar-refractivity contribution < 1.29 is 17.9 Å². The second-order valence-corrected chi connectivity index (χ2v) is 10.2. The smallest absolute Gasteiger partial charge is 0.434 e. The van der Waals surface area contributed by atoms with Crippen molar-refractivity contribution in [3.05, 3.63) is 65.6 Å². The van der Waals surface area contributed by atoms with Gasteiger partial charge in [0.25, 0.3) is 0 Å². The van der Waals surface area contributed by atoms with Gasteiger partial charge in [0, 0.05) is 43.2 Å². The topological polar surface area (TPSA) is 108 Å². The average Bonchev–Trinajstić information content (AvgIpc) is 3.51. The number of methoxy groups -OCH3 is 1. The quantitative estimate of drug-likeness (QED) is 0.314. The fraction of sp³-hybridized carbons (Fsp3) is 0.333. The van der Waals surface area contributed by atoms with Crippen LogP contribution >= 0.6 is 0 Å². The van der Waals surface area contributed by atoms with Crippen LogP contribution in [0.1, 0.15) is 54.1 Å². The molecule has 0 radical (unpaired) electrons. The minimum Gasteiger partial charge on any atom is -0.480 e. The summed E-state index contributed by atoms with van der Waals surface area (Å²) in [5, 5.41) is 8.04. The highest BCUT2D eigenvalue weighted by Crippen LogP contribution is 2.45. The minimum atomic E-state index is -4.48. The zero-order valence-electron chi connectivity index (χ0n) is 21.6. The molecule has 2 aliphatic rings. The van der Waals surface area contributed by atoms with E-state index in [9.17, 15) is 13.2 Å². The van der Waals surface area contributed by atoms with Gasteiger partial charge in [0.1, 0.15) is 17.7 Å². The lowest BCUT2D eigenvalue weighted by molar-refractivity contribution is -0.140. The van der Waals surface area contributed by atoms with Gasteiger partial charge in [-0.25, -0.2) is 29.4 Å². The number of rotatable bonds is 6. The number of halogens is 3. The number of anilines is 1. The summed E-state index contributed by atoms with van der Waals surface area (Å²) in [6.45, 7) is 2.85. The molecular formula is C27H24F3N9O. The van der Waals surface area contributed by atoms with E-state index in [2.05, 4.69) is 30.4 Å². The molecule has 0 amide bonds. The molecule has 13 heteroatoms. The molecule has 1 unspecified atom stereocenters. The van der Waals surface area contributed by atoms with Gasteiger partial charge in [-0.2, -0.15) is 13.2 Å². The minimum absolute atomic E-state index is 0.0220. The molecule has 0 spiro atoms. The Morgan fingerprint density at radius 3 is 2.75 bits per heavy atom. The standard InChI is InChI=1S/C27H24F3N9O/c1-14-11-38-12-19(27(28,29)30)35-24(38)17-6-3-15(9-18(14)17)10-32-23-25-31-7-8-39(25)37-22(36-23)20-21(16-4-5-16)33-13-34-26(20)40-2/h3,6-9,12-14,16H,4-5,10-11H2,1-2H3,(H,32,36,37). The third-order valence-electron chi connectivity index (χ3n) is 7.36. The summed E-state index contributed by atoms with van der Waals surface area (Å²) in [6.07, 6.45) is 3.59. The molecule has 4 aromatic heterocycles. The molecule has 204 valence electrons. The fourth-order valence-corrected chi connectivity index (χ4v) is 5.28. The van der Waals surface area contributed by atoms with Crippen LogP contribution in [0, 0.1) is 0 Å². The zero-order valence-corrected chi connectivity index (χ0v) is 21.6. The Morgan fingerprint density at radius 2 is 1.98 bits per heavy atom. The Labute approximate surface area is 226 Å². The molecule has 0 bridgehead atoms. The summed E-state index contributed by atoms with van der Waals surface area (Å²) in [6, 6.07) is 5.74. The first-order valence-corrected chi connectivity index (χ1v) is 12.9. The van der Waals surface area contributed by atoms with E-state index in [4.69, 9.17) is 9.72 Å². The van der Waals surface area contributed by atoms with Crippen LogP contribution in [0.15, 0.2) is 43.1 Å². The van der Waals surface area contributed by atoms with E-state index in [-0.39, 0.29) is 5.92 Å². The van der Waals surface area contributed by atoms with Gasteiger partial charge in [0.15, 0.2) is 23.0 Å². The van der Waals surface area contributed by atoms with E-state index in [1.54, 1.807) is 28.6 Å². The van der Waals surface area contributed by atoms with Crippen LogP contribution in [-0.4, -0.2) is 46.2 Å². The second-order valence-electron chi connectivity index (χ2n) is 10.2. The predicted octanol–water partition coefficient (Wildman–Crippen LogP) is 5.08. The second kappa shape index (κ2) is 9.00. The first-order chi connectivity index (χ1) is 19.3. The zero-order chi connectivity index (χ0) is 27.6. The van der Waals surface area contributed by atoms with Gasteiger partial charge in [0.05, 0.1) is 12.8 Å². The SMILES string of the molecule is COc1ncnc(C2CC2)c1-c1nc(NCc2ccc3c(c2)C(C)Cn2cc(C(F)(F)F)nc2-3)c2nccn2n1. The maximum absolute atomic E-state index is 13.3. The average molecular weight is 548 g/mol. The largest absolute Gasteiger partial charge is 0.480 e. The summed E-state index contributed by atoms with van der Waals surface area (Å²) in [4.78, 5) is 21.9. The maximum atomic E-state index is 13.3. The monoisotopic (exact) mass is 547 g/mol. The Hall–Kier alpha value is -4.55. The Kier molecular flexibility index (Phi) is 5.51. The molecule has 1 fully saturated rings. The summed E-state index contributed by atoms with van der Waals surface area (Å²) >= 11 is 0.